The predicted molar refractivity (Wildman–Crippen MR) is 91.8 cm³/mol. The summed E-state index contributed by atoms with van der Waals surface area (Å²) in [7, 11) is 3.47. The van der Waals surface area contributed by atoms with Gasteiger partial charge in [-0.15, -0.1) is 0 Å². The number of aryl methyl sites for hydroxylation is 1. The number of hydrogen-bond acceptors (Lipinski definition) is 4. The molecule has 1 unspecified atom stereocenters. The minimum Gasteiger partial charge on any atom is -0.494 e. The highest BCUT2D eigenvalue weighted by atomic mass is 19.1. The number of carbonyl (C=O) groups excluding carboxylic acids is 1. The Labute approximate surface area is 146 Å². The molecule has 2 heterocycles. The number of amides is 1. The first-order valence-corrected chi connectivity index (χ1v) is 8.39. The number of rotatable bonds is 5. The largest absolute Gasteiger partial charge is 0.494 e. The molecule has 0 radical (unpaired) electrons. The van der Waals surface area contributed by atoms with Gasteiger partial charge in [0.15, 0.2) is 11.6 Å². The minimum atomic E-state index is -0.385. The van der Waals surface area contributed by atoms with Crippen molar-refractivity contribution in [2.75, 3.05) is 33.8 Å². The van der Waals surface area contributed by atoms with E-state index in [9.17, 15) is 9.18 Å². The first kappa shape index (κ1) is 17.4. The van der Waals surface area contributed by atoms with Gasteiger partial charge in [-0.3, -0.25) is 9.69 Å². The van der Waals surface area contributed by atoms with Gasteiger partial charge in [0.25, 0.3) is 0 Å². The van der Waals surface area contributed by atoms with Crippen LogP contribution in [0.3, 0.4) is 0 Å². The Bertz CT molecular complexity index is 720. The number of likely N-dealkylation sites (N-methyl/N-ethyl adjacent to an activating group) is 1. The lowest BCUT2D eigenvalue weighted by molar-refractivity contribution is -0.134. The molecule has 7 heteroatoms. The van der Waals surface area contributed by atoms with Gasteiger partial charge in [-0.05, 0) is 25.1 Å². The maximum atomic E-state index is 14.2. The lowest BCUT2D eigenvalue weighted by Crippen LogP contribution is -2.49. The van der Waals surface area contributed by atoms with Gasteiger partial charge >= 0.3 is 0 Å². The van der Waals surface area contributed by atoms with E-state index in [2.05, 4.69) is 14.9 Å². The van der Waals surface area contributed by atoms with Gasteiger partial charge in [-0.25, -0.2) is 9.37 Å². The molecule has 0 saturated carbocycles. The van der Waals surface area contributed by atoms with Gasteiger partial charge in [0, 0.05) is 38.4 Å². The fraction of sp³-hybridized carbons (Fsp3) is 0.444. The Balaban J connectivity index is 1.62. The molecule has 1 aromatic heterocycles. The van der Waals surface area contributed by atoms with E-state index in [-0.39, 0.29) is 29.9 Å². The molecule has 3 rings (SSSR count). The van der Waals surface area contributed by atoms with Crippen LogP contribution in [-0.2, 0) is 11.2 Å². The Morgan fingerprint density at radius 3 is 3.00 bits per heavy atom. The summed E-state index contributed by atoms with van der Waals surface area (Å²) < 4.78 is 19.2. The molecule has 0 bridgehead atoms. The second-order valence-corrected chi connectivity index (χ2v) is 6.24. The molecule has 1 N–H and O–H groups in total. The van der Waals surface area contributed by atoms with E-state index in [0.29, 0.717) is 25.1 Å². The lowest BCUT2D eigenvalue weighted by Gasteiger charge is -2.38. The third-order valence-corrected chi connectivity index (χ3v) is 4.71. The van der Waals surface area contributed by atoms with Crippen molar-refractivity contribution in [3.8, 4) is 5.75 Å². The van der Waals surface area contributed by atoms with Crippen molar-refractivity contribution >= 4 is 5.91 Å². The molecule has 134 valence electrons. The van der Waals surface area contributed by atoms with E-state index in [4.69, 9.17) is 4.74 Å². The number of benzene rings is 1. The number of halogens is 1. The number of aromatic amines is 1. The van der Waals surface area contributed by atoms with Crippen LogP contribution >= 0.6 is 0 Å². The number of carbonyl (C=O) groups is 1. The molecule has 1 fully saturated rings. The van der Waals surface area contributed by atoms with Gasteiger partial charge in [-0.1, -0.05) is 12.1 Å². The van der Waals surface area contributed by atoms with E-state index in [0.717, 1.165) is 12.4 Å². The van der Waals surface area contributed by atoms with Crippen molar-refractivity contribution < 1.29 is 13.9 Å². The van der Waals surface area contributed by atoms with Crippen LogP contribution in [0.4, 0.5) is 4.39 Å². The number of aromatic nitrogens is 2. The summed E-state index contributed by atoms with van der Waals surface area (Å²) in [6, 6.07) is 5.07. The summed E-state index contributed by atoms with van der Waals surface area (Å²) >= 11 is 0. The number of piperazine rings is 1. The summed E-state index contributed by atoms with van der Waals surface area (Å²) in [5.74, 6) is 0.720. The summed E-state index contributed by atoms with van der Waals surface area (Å²) in [6.45, 7) is 2.04. The maximum Gasteiger partial charge on any atom is 0.223 e. The highest BCUT2D eigenvalue weighted by Crippen LogP contribution is 2.23. The zero-order valence-electron chi connectivity index (χ0n) is 14.5. The van der Waals surface area contributed by atoms with Crippen molar-refractivity contribution in [3.63, 3.8) is 0 Å². The first-order chi connectivity index (χ1) is 12.1. The average Bonchev–Trinajstić information content (AvgIpc) is 3.15. The summed E-state index contributed by atoms with van der Waals surface area (Å²) in [5, 5.41) is 0. The van der Waals surface area contributed by atoms with Gasteiger partial charge in [-0.2, -0.15) is 0 Å². The average molecular weight is 346 g/mol. The number of hydrogen-bond donors (Lipinski definition) is 1. The number of imidazole rings is 1. The Hall–Kier alpha value is -2.41. The molecule has 1 aliphatic heterocycles. The van der Waals surface area contributed by atoms with Crippen LogP contribution in [0, 0.1) is 5.82 Å². The van der Waals surface area contributed by atoms with Crippen LogP contribution in [0.1, 0.15) is 23.9 Å². The standard InChI is InChI=1S/C18H23FN4O2/c1-22-10-11-23(12-14(22)18-20-8-9-21-18)16(24)7-6-13-4-3-5-15(25-2)17(13)19/h3-5,8-9,14H,6-7,10-12H2,1-2H3,(H,20,21). The van der Waals surface area contributed by atoms with E-state index < -0.39 is 0 Å². The number of methoxy groups -OCH3 is 1. The molecule has 1 amide bonds. The molecule has 1 saturated heterocycles. The Kier molecular flexibility index (Phi) is 5.33. The monoisotopic (exact) mass is 346 g/mol. The van der Waals surface area contributed by atoms with Crippen molar-refractivity contribution in [1.29, 1.82) is 0 Å². The summed E-state index contributed by atoms with van der Waals surface area (Å²) in [6.07, 6.45) is 4.14. The van der Waals surface area contributed by atoms with Crippen LogP contribution in [0.25, 0.3) is 0 Å². The zero-order valence-corrected chi connectivity index (χ0v) is 14.5. The Morgan fingerprint density at radius 1 is 1.44 bits per heavy atom. The van der Waals surface area contributed by atoms with Crippen LogP contribution in [0.5, 0.6) is 5.75 Å². The van der Waals surface area contributed by atoms with Gasteiger partial charge in [0.05, 0.1) is 13.2 Å². The molecular formula is C18H23FN4O2. The number of ether oxygens (including phenoxy) is 1. The second-order valence-electron chi connectivity index (χ2n) is 6.24. The quantitative estimate of drug-likeness (QED) is 0.900. The predicted octanol–water partition coefficient (Wildman–Crippen LogP) is 2.01. The molecule has 1 aromatic carbocycles. The SMILES string of the molecule is COc1cccc(CCC(=O)N2CCN(C)C(c3ncc[nH]3)C2)c1F. The third kappa shape index (κ3) is 3.82. The van der Waals surface area contributed by atoms with Crippen LogP contribution in [0.15, 0.2) is 30.6 Å². The molecule has 0 spiro atoms. The summed E-state index contributed by atoms with van der Waals surface area (Å²) in [5.41, 5.74) is 0.504. The van der Waals surface area contributed by atoms with Crippen molar-refractivity contribution in [2.24, 2.45) is 0 Å². The van der Waals surface area contributed by atoms with E-state index in [1.54, 1.807) is 30.6 Å². The van der Waals surface area contributed by atoms with Crippen molar-refractivity contribution in [1.82, 2.24) is 19.8 Å². The minimum absolute atomic E-state index is 0.0341. The van der Waals surface area contributed by atoms with Crippen molar-refractivity contribution in [3.05, 3.63) is 47.8 Å². The van der Waals surface area contributed by atoms with Gasteiger partial charge < -0.3 is 14.6 Å². The fourth-order valence-corrected chi connectivity index (χ4v) is 3.16. The second kappa shape index (κ2) is 7.65. The molecule has 0 aliphatic carbocycles. The highest BCUT2D eigenvalue weighted by molar-refractivity contribution is 5.76. The summed E-state index contributed by atoms with van der Waals surface area (Å²) in [4.78, 5) is 24.0. The van der Waals surface area contributed by atoms with Gasteiger partial charge in [0.1, 0.15) is 5.82 Å². The maximum absolute atomic E-state index is 14.2. The van der Waals surface area contributed by atoms with Crippen LogP contribution < -0.4 is 4.74 Å². The molecule has 25 heavy (non-hydrogen) atoms. The lowest BCUT2D eigenvalue weighted by atomic mass is 10.1. The van der Waals surface area contributed by atoms with E-state index in [1.165, 1.54) is 7.11 Å². The number of nitrogens with one attached hydrogen (secondary N) is 1. The number of nitrogens with zero attached hydrogens (tertiary/aromatic N) is 3. The van der Waals surface area contributed by atoms with Gasteiger partial charge in [0.2, 0.25) is 5.91 Å². The highest BCUT2D eigenvalue weighted by Gasteiger charge is 2.29. The molecule has 2 aromatic rings. The molecular weight excluding hydrogens is 323 g/mol. The smallest absolute Gasteiger partial charge is 0.223 e. The number of H-pyrrole nitrogens is 1. The fourth-order valence-electron chi connectivity index (χ4n) is 3.16. The molecule has 1 aliphatic rings. The van der Waals surface area contributed by atoms with E-state index in [1.807, 2.05) is 11.9 Å². The van der Waals surface area contributed by atoms with Crippen LogP contribution in [0.2, 0.25) is 0 Å². The normalized spacial score (nSPS) is 18.4. The Morgan fingerprint density at radius 2 is 2.28 bits per heavy atom. The third-order valence-electron chi connectivity index (χ3n) is 4.71. The molecule has 6 nitrogen and oxygen atoms in total. The van der Waals surface area contributed by atoms with Crippen LogP contribution in [-0.4, -0.2) is 59.5 Å². The zero-order chi connectivity index (χ0) is 17.8. The van der Waals surface area contributed by atoms with Crippen molar-refractivity contribution in [2.45, 2.75) is 18.9 Å². The first-order valence-electron chi connectivity index (χ1n) is 8.39. The molecule has 1 atom stereocenters. The topological polar surface area (TPSA) is 61.5 Å². The van der Waals surface area contributed by atoms with E-state index >= 15 is 0 Å².